The predicted octanol–water partition coefficient (Wildman–Crippen LogP) is 7.56. The first kappa shape index (κ1) is 30.7. The molecule has 0 aliphatic rings. The predicted molar refractivity (Wildman–Crippen MR) is 163 cm³/mol. The molecule has 2 heterocycles. The Morgan fingerprint density at radius 1 is 0.463 bits per heavy atom. The van der Waals surface area contributed by atoms with Gasteiger partial charge in [0.2, 0.25) is 0 Å². The van der Waals surface area contributed by atoms with E-state index in [4.69, 9.17) is 11.1 Å². The second-order valence-electron chi connectivity index (χ2n) is 8.72. The van der Waals surface area contributed by atoms with Gasteiger partial charge in [-0.2, -0.15) is 0 Å². The van der Waals surface area contributed by atoms with Crippen molar-refractivity contribution in [3.05, 3.63) is 146 Å². The first-order chi connectivity index (χ1) is 19.6. The summed E-state index contributed by atoms with van der Waals surface area (Å²) in [4.78, 5) is 17.3. The van der Waals surface area contributed by atoms with Gasteiger partial charge in [-0.05, 0) is 19.1 Å². The van der Waals surface area contributed by atoms with E-state index >= 15 is 0 Å². The normalized spacial score (nSPS) is 9.59. The molecule has 2 aromatic heterocycles. The van der Waals surface area contributed by atoms with Crippen molar-refractivity contribution in [3.8, 4) is 45.0 Å². The number of benzene rings is 4. The molecule has 6 nitrogen and oxygen atoms in total. The molecule has 201 valence electrons. The third-order valence-electron chi connectivity index (χ3n) is 5.61. The smallest absolute Gasteiger partial charge is 0.388 e. The van der Waals surface area contributed by atoms with Gasteiger partial charge in [-0.3, -0.25) is 5.41 Å². The van der Waals surface area contributed by atoms with Gasteiger partial charge in [0.15, 0.2) is 0 Å². The zero-order valence-corrected chi connectivity index (χ0v) is 24.3. The molecule has 0 unspecified atom stereocenters. The number of aromatic nitrogens is 4. The average molecular weight is 624 g/mol. The molecule has 0 aliphatic carbocycles. The van der Waals surface area contributed by atoms with Crippen LogP contribution in [-0.2, 0) is 19.5 Å². The molecule has 6 rings (SSSR count). The summed E-state index contributed by atoms with van der Waals surface area (Å²) in [6, 6.07) is 44.6. The van der Waals surface area contributed by atoms with Crippen molar-refractivity contribution in [1.82, 2.24) is 19.9 Å². The molecule has 0 bridgehead atoms. The minimum Gasteiger partial charge on any atom is -0.388 e. The number of nitrogens with one attached hydrogen (secondary N) is 1. The summed E-state index contributed by atoms with van der Waals surface area (Å²) in [6.07, 6.45) is 3.23. The average Bonchev–Trinajstić information content (AvgIpc) is 3.03. The summed E-state index contributed by atoms with van der Waals surface area (Å²) in [5, 5.41) is 6.28. The fourth-order valence-corrected chi connectivity index (χ4v) is 3.78. The maximum Gasteiger partial charge on any atom is 3.00 e. The Morgan fingerprint density at radius 2 is 0.659 bits per heavy atom. The second kappa shape index (κ2) is 16.3. The van der Waals surface area contributed by atoms with Crippen LogP contribution in [0.25, 0.3) is 45.0 Å². The van der Waals surface area contributed by atoms with Crippen LogP contribution in [0.15, 0.2) is 146 Å². The SMILES string of the molecule is CC(=N)N.[Ru+3].c1ccc(-c2cc(-c3ccccc3)ncn2)cc1.c1ccc(-c2cc(-c3ccccc3)ncn2)cc1. The Bertz CT molecular complexity index is 1380. The van der Waals surface area contributed by atoms with E-state index in [2.05, 4.69) is 68.5 Å². The summed E-state index contributed by atoms with van der Waals surface area (Å²) in [6.45, 7) is 1.53. The van der Waals surface area contributed by atoms with Crippen molar-refractivity contribution < 1.29 is 19.5 Å². The Labute approximate surface area is 253 Å². The zero-order chi connectivity index (χ0) is 28.0. The van der Waals surface area contributed by atoms with E-state index in [1.807, 2.05) is 84.9 Å². The van der Waals surface area contributed by atoms with E-state index in [1.54, 1.807) is 12.7 Å². The van der Waals surface area contributed by atoms with Crippen LogP contribution in [0.3, 0.4) is 0 Å². The van der Waals surface area contributed by atoms with Crippen LogP contribution in [-0.4, -0.2) is 25.8 Å². The minimum absolute atomic E-state index is 0. The Balaban J connectivity index is 0.000000196. The molecule has 0 saturated carbocycles. The van der Waals surface area contributed by atoms with Gasteiger partial charge in [0.1, 0.15) is 12.7 Å². The van der Waals surface area contributed by atoms with Crippen LogP contribution in [0, 0.1) is 5.41 Å². The molecule has 0 saturated heterocycles. The molecule has 4 aromatic carbocycles. The van der Waals surface area contributed by atoms with Gasteiger partial charge in [-0.15, -0.1) is 0 Å². The minimum atomic E-state index is 0. The number of amidine groups is 1. The zero-order valence-electron chi connectivity index (χ0n) is 22.6. The van der Waals surface area contributed by atoms with Gasteiger partial charge < -0.3 is 5.73 Å². The van der Waals surface area contributed by atoms with Gasteiger partial charge in [0.25, 0.3) is 0 Å². The quantitative estimate of drug-likeness (QED) is 0.120. The van der Waals surface area contributed by atoms with E-state index in [1.165, 1.54) is 6.92 Å². The molecule has 0 atom stereocenters. The van der Waals surface area contributed by atoms with Gasteiger partial charge in [0, 0.05) is 22.3 Å². The van der Waals surface area contributed by atoms with Crippen LogP contribution in [0.1, 0.15) is 6.92 Å². The van der Waals surface area contributed by atoms with E-state index in [-0.39, 0.29) is 25.3 Å². The molecule has 3 N–H and O–H groups in total. The Kier molecular flexibility index (Phi) is 12.2. The Hall–Kier alpha value is -4.87. The van der Waals surface area contributed by atoms with E-state index in [0.717, 1.165) is 45.0 Å². The van der Waals surface area contributed by atoms with Crippen molar-refractivity contribution >= 4 is 5.84 Å². The summed E-state index contributed by atoms with van der Waals surface area (Å²) < 4.78 is 0. The molecule has 0 fully saturated rings. The van der Waals surface area contributed by atoms with Crippen molar-refractivity contribution in [2.24, 2.45) is 5.73 Å². The van der Waals surface area contributed by atoms with Gasteiger partial charge in [-0.25, -0.2) is 19.9 Å². The number of hydrogen-bond donors (Lipinski definition) is 2. The second-order valence-corrected chi connectivity index (χ2v) is 8.72. The number of nitrogens with two attached hydrogens (primary N) is 1. The van der Waals surface area contributed by atoms with Gasteiger partial charge >= 0.3 is 19.5 Å². The fourth-order valence-electron chi connectivity index (χ4n) is 3.78. The molecule has 1 radical (unpaired) electrons. The van der Waals surface area contributed by atoms with Gasteiger partial charge in [0.05, 0.1) is 28.6 Å². The third kappa shape index (κ3) is 9.68. The summed E-state index contributed by atoms with van der Waals surface area (Å²) in [7, 11) is 0. The molecule has 41 heavy (non-hydrogen) atoms. The van der Waals surface area contributed by atoms with Crippen LogP contribution in [0.5, 0.6) is 0 Å². The van der Waals surface area contributed by atoms with Crippen molar-refractivity contribution in [2.75, 3.05) is 0 Å². The standard InChI is InChI=1S/2C16H12N2.C2H6N2.Ru/c2*1-3-7-13(8-4-1)15-11-16(18-12-17-15)14-9-5-2-6-10-14;1-2(3)4;/h2*1-12H;1H3,(H3,3,4);/q;;;+3. The summed E-state index contributed by atoms with van der Waals surface area (Å²) in [5.41, 5.74) is 12.9. The van der Waals surface area contributed by atoms with Crippen molar-refractivity contribution in [3.63, 3.8) is 0 Å². The molecule has 6 aromatic rings. The summed E-state index contributed by atoms with van der Waals surface area (Å²) in [5.74, 6) is 0.167. The number of nitrogens with zero attached hydrogens (tertiary/aromatic N) is 4. The molecule has 0 spiro atoms. The molecular formula is C34H30N6Ru+3. The maximum absolute atomic E-state index is 6.28. The van der Waals surface area contributed by atoms with E-state index in [0.29, 0.717) is 0 Å². The first-order valence-electron chi connectivity index (χ1n) is 12.8. The van der Waals surface area contributed by atoms with Crippen molar-refractivity contribution in [2.45, 2.75) is 6.92 Å². The third-order valence-corrected chi connectivity index (χ3v) is 5.61. The van der Waals surface area contributed by atoms with Crippen LogP contribution >= 0.6 is 0 Å². The van der Waals surface area contributed by atoms with E-state index < -0.39 is 0 Å². The topological polar surface area (TPSA) is 101 Å². The van der Waals surface area contributed by atoms with Crippen LogP contribution < -0.4 is 5.73 Å². The fraction of sp³-hybridized carbons (Fsp3) is 0.0294. The maximum atomic E-state index is 6.28. The van der Waals surface area contributed by atoms with Crippen molar-refractivity contribution in [1.29, 1.82) is 5.41 Å². The summed E-state index contributed by atoms with van der Waals surface area (Å²) >= 11 is 0. The first-order valence-corrected chi connectivity index (χ1v) is 12.8. The monoisotopic (exact) mass is 624 g/mol. The number of hydrogen-bond acceptors (Lipinski definition) is 5. The molecule has 0 amide bonds. The van der Waals surface area contributed by atoms with E-state index in [9.17, 15) is 0 Å². The largest absolute Gasteiger partial charge is 3.00 e. The van der Waals surface area contributed by atoms with Gasteiger partial charge in [-0.1, -0.05) is 121 Å². The van der Waals surface area contributed by atoms with Crippen LogP contribution in [0.4, 0.5) is 0 Å². The molecule has 0 aliphatic heterocycles. The number of rotatable bonds is 4. The Morgan fingerprint density at radius 3 is 0.854 bits per heavy atom. The molecular weight excluding hydrogens is 593 g/mol. The van der Waals surface area contributed by atoms with Crippen LogP contribution in [0.2, 0.25) is 0 Å². The molecule has 7 heteroatoms.